The van der Waals surface area contributed by atoms with Gasteiger partial charge in [-0.05, 0) is 68.7 Å². The van der Waals surface area contributed by atoms with E-state index < -0.39 is 12.3 Å². The van der Waals surface area contributed by atoms with Crippen molar-refractivity contribution < 1.29 is 32.5 Å². The van der Waals surface area contributed by atoms with Gasteiger partial charge in [0.05, 0.1) is 23.8 Å². The van der Waals surface area contributed by atoms with Crippen molar-refractivity contribution >= 4 is 17.3 Å². The molecular formula is C30H29F3N4O4. The lowest BCUT2D eigenvalue weighted by molar-refractivity contribution is -0.274. The second-order valence-corrected chi connectivity index (χ2v) is 11.2. The van der Waals surface area contributed by atoms with Crippen molar-refractivity contribution in [1.29, 1.82) is 0 Å². The first-order chi connectivity index (χ1) is 19.7. The molecule has 11 heteroatoms. The SMILES string of the molecule is O=C(O)c1cc2ccc(N3C4CCC3CC(OCc3c(-c5ccccc5OC(F)(F)F)c[nH]c3C3CC3)C4)nn2c1. The van der Waals surface area contributed by atoms with Crippen LogP contribution < -0.4 is 9.64 Å². The number of piperidine rings is 1. The molecule has 2 bridgehead atoms. The number of rotatable bonds is 8. The Morgan fingerprint density at radius 2 is 1.80 bits per heavy atom. The zero-order valence-electron chi connectivity index (χ0n) is 22.1. The maximum absolute atomic E-state index is 13.1. The third-order valence-electron chi connectivity index (χ3n) is 8.52. The van der Waals surface area contributed by atoms with Crippen molar-refractivity contribution in [2.24, 2.45) is 0 Å². The number of anilines is 1. The Bertz CT molecular complexity index is 1590. The molecule has 1 aromatic carbocycles. The van der Waals surface area contributed by atoms with E-state index in [0.29, 0.717) is 23.7 Å². The van der Waals surface area contributed by atoms with Gasteiger partial charge in [0.2, 0.25) is 0 Å². The Kier molecular flexibility index (Phi) is 6.22. The van der Waals surface area contributed by atoms with E-state index in [2.05, 4.69) is 14.6 Å². The lowest BCUT2D eigenvalue weighted by Gasteiger charge is -2.39. The number of benzene rings is 1. The highest BCUT2D eigenvalue weighted by Crippen LogP contribution is 2.46. The number of carbonyl (C=O) groups is 1. The number of aromatic carboxylic acids is 1. The summed E-state index contributed by atoms with van der Waals surface area (Å²) in [5, 5.41) is 14.0. The maximum Gasteiger partial charge on any atom is 0.573 e. The Hall–Kier alpha value is -3.99. The van der Waals surface area contributed by atoms with Crippen LogP contribution in [-0.2, 0) is 11.3 Å². The van der Waals surface area contributed by atoms with Gasteiger partial charge in [0.25, 0.3) is 0 Å². The number of fused-ring (bicyclic) bond motifs is 3. The number of halogens is 3. The van der Waals surface area contributed by atoms with Crippen molar-refractivity contribution in [1.82, 2.24) is 14.6 Å². The van der Waals surface area contributed by atoms with E-state index in [1.54, 1.807) is 28.9 Å². The molecule has 2 N–H and O–H groups in total. The number of aromatic amines is 1. The molecule has 1 saturated carbocycles. The number of alkyl halides is 3. The minimum absolute atomic E-state index is 0.00847. The Balaban J connectivity index is 1.09. The summed E-state index contributed by atoms with van der Waals surface area (Å²) in [5.41, 5.74) is 3.93. The molecule has 2 unspecified atom stereocenters. The molecule has 0 radical (unpaired) electrons. The van der Waals surface area contributed by atoms with E-state index in [1.807, 2.05) is 12.1 Å². The van der Waals surface area contributed by atoms with E-state index in [1.165, 1.54) is 18.3 Å². The number of H-pyrrole nitrogens is 1. The van der Waals surface area contributed by atoms with Crippen LogP contribution in [0.3, 0.4) is 0 Å². The quantitative estimate of drug-likeness (QED) is 0.252. The average Bonchev–Trinajstić information content (AvgIpc) is 3.44. The minimum Gasteiger partial charge on any atom is -0.478 e. The molecule has 0 spiro atoms. The normalized spacial score (nSPS) is 22.4. The van der Waals surface area contributed by atoms with Crippen LogP contribution in [0.2, 0.25) is 0 Å². The monoisotopic (exact) mass is 566 g/mol. The molecule has 1 aliphatic carbocycles. The molecule has 2 atom stereocenters. The molecule has 3 aromatic heterocycles. The van der Waals surface area contributed by atoms with Gasteiger partial charge < -0.3 is 24.5 Å². The lowest BCUT2D eigenvalue weighted by atomic mass is 9.98. The largest absolute Gasteiger partial charge is 0.573 e. The number of para-hydroxylation sites is 1. The van der Waals surface area contributed by atoms with Gasteiger partial charge in [-0.25, -0.2) is 9.31 Å². The molecule has 2 saturated heterocycles. The van der Waals surface area contributed by atoms with Crippen LogP contribution in [0.15, 0.2) is 54.9 Å². The number of carboxylic acids is 1. The summed E-state index contributed by atoms with van der Waals surface area (Å²) in [6, 6.07) is 12.2. The molecule has 0 amide bonds. The molecule has 7 rings (SSSR count). The average molecular weight is 567 g/mol. The van der Waals surface area contributed by atoms with E-state index in [4.69, 9.17) is 9.84 Å². The first-order valence-corrected chi connectivity index (χ1v) is 13.9. The highest BCUT2D eigenvalue weighted by atomic mass is 19.4. The molecule has 5 heterocycles. The molecule has 214 valence electrons. The third-order valence-corrected chi connectivity index (χ3v) is 8.52. The Morgan fingerprint density at radius 1 is 1.05 bits per heavy atom. The van der Waals surface area contributed by atoms with Crippen LogP contribution in [0.4, 0.5) is 19.0 Å². The lowest BCUT2D eigenvalue weighted by Crippen LogP contribution is -2.46. The zero-order chi connectivity index (χ0) is 28.3. The number of carboxylic acid groups (broad SMARTS) is 1. The molecule has 41 heavy (non-hydrogen) atoms. The van der Waals surface area contributed by atoms with Crippen LogP contribution in [0.5, 0.6) is 5.75 Å². The third kappa shape index (κ3) is 5.03. The number of nitrogens with one attached hydrogen (secondary N) is 1. The van der Waals surface area contributed by atoms with Gasteiger partial charge >= 0.3 is 12.3 Å². The Labute approximate surface area is 233 Å². The van der Waals surface area contributed by atoms with Gasteiger partial charge in [0.15, 0.2) is 0 Å². The van der Waals surface area contributed by atoms with Crippen LogP contribution >= 0.6 is 0 Å². The van der Waals surface area contributed by atoms with Gasteiger partial charge in [0, 0.05) is 46.9 Å². The molecule has 3 fully saturated rings. The molecule has 2 aliphatic heterocycles. The summed E-state index contributed by atoms with van der Waals surface area (Å²) in [6.07, 6.45) is 4.28. The predicted octanol–water partition coefficient (Wildman–Crippen LogP) is 6.52. The molecule has 3 aliphatic rings. The highest BCUT2D eigenvalue weighted by molar-refractivity contribution is 5.89. The van der Waals surface area contributed by atoms with Crippen LogP contribution in [0.25, 0.3) is 16.6 Å². The van der Waals surface area contributed by atoms with Gasteiger partial charge in [-0.2, -0.15) is 5.10 Å². The van der Waals surface area contributed by atoms with E-state index >= 15 is 0 Å². The number of aromatic nitrogens is 3. The summed E-state index contributed by atoms with van der Waals surface area (Å²) in [4.78, 5) is 17.0. The summed E-state index contributed by atoms with van der Waals surface area (Å²) in [6.45, 7) is 0.306. The number of nitrogens with zero attached hydrogens (tertiary/aromatic N) is 3. The zero-order valence-corrected chi connectivity index (χ0v) is 22.1. The van der Waals surface area contributed by atoms with Gasteiger partial charge in [-0.15, -0.1) is 13.2 Å². The first kappa shape index (κ1) is 25.9. The van der Waals surface area contributed by atoms with Crippen LogP contribution in [0, 0.1) is 0 Å². The fourth-order valence-electron chi connectivity index (χ4n) is 6.58. The number of ether oxygens (including phenoxy) is 2. The van der Waals surface area contributed by atoms with Crippen molar-refractivity contribution in [3.63, 3.8) is 0 Å². The smallest absolute Gasteiger partial charge is 0.478 e. The van der Waals surface area contributed by atoms with Gasteiger partial charge in [-0.1, -0.05) is 18.2 Å². The Morgan fingerprint density at radius 3 is 2.51 bits per heavy atom. The predicted molar refractivity (Wildman–Crippen MR) is 144 cm³/mol. The number of hydrogen-bond acceptors (Lipinski definition) is 5. The van der Waals surface area contributed by atoms with Crippen molar-refractivity contribution in [3.8, 4) is 16.9 Å². The second kappa shape index (κ2) is 9.83. The van der Waals surface area contributed by atoms with Crippen molar-refractivity contribution in [2.75, 3.05) is 4.90 Å². The molecule has 4 aromatic rings. The van der Waals surface area contributed by atoms with E-state index in [0.717, 1.165) is 61.1 Å². The topological polar surface area (TPSA) is 92.1 Å². The highest BCUT2D eigenvalue weighted by Gasteiger charge is 2.42. The number of hydrogen-bond donors (Lipinski definition) is 2. The summed E-state index contributed by atoms with van der Waals surface area (Å²) >= 11 is 0. The van der Waals surface area contributed by atoms with Crippen molar-refractivity contribution in [3.05, 3.63) is 71.7 Å². The fourth-order valence-corrected chi connectivity index (χ4v) is 6.58. The molecular weight excluding hydrogens is 537 g/mol. The standard InChI is InChI=1S/C30H29F3N4O4/c31-30(32,33)41-26-4-2-1-3-23(26)24-14-34-28(17-5-6-17)25(24)16-40-22-12-20-7-8-21(13-22)37(20)27-10-9-19-11-18(29(38)39)15-36(19)35-27/h1-4,9-11,14-15,17,20-22,34H,5-8,12-13,16H2,(H,38,39). The maximum atomic E-state index is 13.1. The van der Waals surface area contributed by atoms with Crippen LogP contribution in [0.1, 0.15) is 66.1 Å². The van der Waals surface area contributed by atoms with E-state index in [-0.39, 0.29) is 29.5 Å². The van der Waals surface area contributed by atoms with Crippen LogP contribution in [-0.4, -0.2) is 50.2 Å². The second-order valence-electron chi connectivity index (χ2n) is 11.2. The van der Waals surface area contributed by atoms with E-state index in [9.17, 15) is 23.1 Å². The summed E-state index contributed by atoms with van der Waals surface area (Å²) in [7, 11) is 0. The molecule has 8 nitrogen and oxygen atoms in total. The van der Waals surface area contributed by atoms with Crippen molar-refractivity contribution in [2.45, 2.75) is 75.6 Å². The minimum atomic E-state index is -4.78. The summed E-state index contributed by atoms with van der Waals surface area (Å²) < 4.78 is 51.9. The fraction of sp³-hybridized carbons (Fsp3) is 0.400. The first-order valence-electron chi connectivity index (χ1n) is 13.9. The van der Waals surface area contributed by atoms with Gasteiger partial charge in [-0.3, -0.25) is 0 Å². The van der Waals surface area contributed by atoms with Gasteiger partial charge in [0.1, 0.15) is 11.6 Å². The summed E-state index contributed by atoms with van der Waals surface area (Å²) in [5.74, 6) is -0.0212.